The second-order valence-electron chi connectivity index (χ2n) is 4.81. The van der Waals surface area contributed by atoms with Gasteiger partial charge in [-0.05, 0) is 50.0 Å². The molecule has 96 valence electrons. The highest BCUT2D eigenvalue weighted by Gasteiger charge is 2.24. The number of rotatable bonds is 2. The van der Waals surface area contributed by atoms with Crippen molar-refractivity contribution in [2.75, 3.05) is 20.1 Å². The molecular weight excluding hydrogens is 255 g/mol. The van der Waals surface area contributed by atoms with Gasteiger partial charge in [0.05, 0.1) is 0 Å². The third kappa shape index (κ3) is 4.14. The molecule has 4 heteroatoms. The van der Waals surface area contributed by atoms with Gasteiger partial charge in [-0.1, -0.05) is 23.7 Å². The molecule has 2 rings (SSSR count). The lowest BCUT2D eigenvalue weighted by Gasteiger charge is -2.34. The highest BCUT2D eigenvalue weighted by atomic mass is 35.5. The fraction of sp³-hybridized carbons (Fsp3) is 0.538. The summed E-state index contributed by atoms with van der Waals surface area (Å²) in [6, 6.07) is 8.43. The molecule has 0 saturated carbocycles. The van der Waals surface area contributed by atoms with Crippen molar-refractivity contribution in [3.8, 4) is 0 Å². The molecule has 0 amide bonds. The third-order valence-electron chi connectivity index (χ3n) is 3.38. The average molecular weight is 275 g/mol. The Morgan fingerprint density at radius 1 is 1.47 bits per heavy atom. The van der Waals surface area contributed by atoms with E-state index in [0.717, 1.165) is 31.0 Å². The van der Waals surface area contributed by atoms with E-state index in [1.54, 1.807) is 0 Å². The van der Waals surface area contributed by atoms with Crippen molar-refractivity contribution in [3.63, 3.8) is 0 Å². The molecule has 0 radical (unpaired) electrons. The maximum absolute atomic E-state index is 6.17. The van der Waals surface area contributed by atoms with Crippen LogP contribution in [0.15, 0.2) is 24.3 Å². The molecule has 17 heavy (non-hydrogen) atoms. The number of piperidine rings is 1. The second-order valence-corrected chi connectivity index (χ2v) is 5.25. The minimum Gasteiger partial charge on any atom is -0.327 e. The number of likely N-dealkylation sites (tertiary alicyclic amines) is 1. The van der Waals surface area contributed by atoms with Gasteiger partial charge in [-0.15, -0.1) is 12.4 Å². The predicted molar refractivity (Wildman–Crippen MR) is 76.0 cm³/mol. The first-order valence-electron chi connectivity index (χ1n) is 5.83. The predicted octanol–water partition coefficient (Wildman–Crippen LogP) is 2.58. The fourth-order valence-electron chi connectivity index (χ4n) is 2.41. The monoisotopic (exact) mass is 274 g/mol. The maximum Gasteiger partial charge on any atom is 0.0408 e. The smallest absolute Gasteiger partial charge is 0.0408 e. The average Bonchev–Trinajstić information content (AvgIpc) is 2.24. The number of benzene rings is 1. The molecule has 2 nitrogen and oxygen atoms in total. The van der Waals surface area contributed by atoms with E-state index in [4.69, 9.17) is 17.3 Å². The van der Waals surface area contributed by atoms with Crippen molar-refractivity contribution in [2.45, 2.75) is 18.9 Å². The van der Waals surface area contributed by atoms with Crippen molar-refractivity contribution >= 4 is 24.0 Å². The standard InChI is InChI=1S/C13H19ClN2.ClH/c1-16-6-5-13(15)11(9-16)7-10-3-2-4-12(14)8-10;/h2-4,8,11,13H,5-7,9,15H2,1H3;1H. The normalized spacial score (nSPS) is 25.4. The molecule has 0 aromatic heterocycles. The third-order valence-corrected chi connectivity index (χ3v) is 3.62. The summed E-state index contributed by atoms with van der Waals surface area (Å²) in [5, 5.41) is 0.815. The number of halogens is 2. The topological polar surface area (TPSA) is 29.3 Å². The van der Waals surface area contributed by atoms with Crippen LogP contribution in [-0.4, -0.2) is 31.1 Å². The molecule has 1 saturated heterocycles. The molecule has 2 N–H and O–H groups in total. The van der Waals surface area contributed by atoms with Crippen LogP contribution in [0.1, 0.15) is 12.0 Å². The first-order valence-corrected chi connectivity index (χ1v) is 6.21. The van der Waals surface area contributed by atoms with Crippen LogP contribution in [0.4, 0.5) is 0 Å². The molecular formula is C13H20Cl2N2. The van der Waals surface area contributed by atoms with E-state index in [1.807, 2.05) is 18.2 Å². The van der Waals surface area contributed by atoms with Crippen molar-refractivity contribution in [1.29, 1.82) is 0 Å². The summed E-state index contributed by atoms with van der Waals surface area (Å²) in [6.07, 6.45) is 2.13. The minimum absolute atomic E-state index is 0. The summed E-state index contributed by atoms with van der Waals surface area (Å²) in [6.45, 7) is 2.21. The van der Waals surface area contributed by atoms with Crippen LogP contribution in [0.25, 0.3) is 0 Å². The Labute approximate surface area is 115 Å². The van der Waals surface area contributed by atoms with Gasteiger partial charge in [0.25, 0.3) is 0 Å². The number of hydrogen-bond donors (Lipinski definition) is 1. The first-order chi connectivity index (χ1) is 7.65. The van der Waals surface area contributed by atoms with Gasteiger partial charge in [0.1, 0.15) is 0 Å². The van der Waals surface area contributed by atoms with E-state index >= 15 is 0 Å². The molecule has 0 aliphatic carbocycles. The van der Waals surface area contributed by atoms with E-state index < -0.39 is 0 Å². The van der Waals surface area contributed by atoms with Crippen molar-refractivity contribution in [1.82, 2.24) is 4.90 Å². The van der Waals surface area contributed by atoms with Gasteiger partial charge < -0.3 is 10.6 Å². The van der Waals surface area contributed by atoms with Crippen LogP contribution in [-0.2, 0) is 6.42 Å². The zero-order valence-electron chi connectivity index (χ0n) is 10.1. The molecule has 1 aromatic rings. The van der Waals surface area contributed by atoms with Gasteiger partial charge in [0, 0.05) is 17.6 Å². The quantitative estimate of drug-likeness (QED) is 0.899. The number of hydrogen-bond acceptors (Lipinski definition) is 2. The minimum atomic E-state index is 0. The summed E-state index contributed by atoms with van der Waals surface area (Å²) in [5.41, 5.74) is 7.46. The van der Waals surface area contributed by atoms with Crippen molar-refractivity contribution < 1.29 is 0 Å². The van der Waals surface area contributed by atoms with Crippen LogP contribution in [0, 0.1) is 5.92 Å². The highest BCUT2D eigenvalue weighted by Crippen LogP contribution is 2.20. The summed E-state index contributed by atoms with van der Waals surface area (Å²) in [4.78, 5) is 2.36. The van der Waals surface area contributed by atoms with Crippen molar-refractivity contribution in [2.24, 2.45) is 11.7 Å². The molecule has 1 aromatic carbocycles. The largest absolute Gasteiger partial charge is 0.327 e. The molecule has 1 aliphatic rings. The van der Waals surface area contributed by atoms with E-state index in [2.05, 4.69) is 18.0 Å². The molecule has 2 unspecified atom stereocenters. The van der Waals surface area contributed by atoms with Gasteiger partial charge >= 0.3 is 0 Å². The maximum atomic E-state index is 6.17. The zero-order chi connectivity index (χ0) is 11.5. The Hall–Kier alpha value is -0.280. The van der Waals surface area contributed by atoms with Gasteiger partial charge in [-0.2, -0.15) is 0 Å². The van der Waals surface area contributed by atoms with Crippen molar-refractivity contribution in [3.05, 3.63) is 34.9 Å². The van der Waals surface area contributed by atoms with E-state index in [1.165, 1.54) is 5.56 Å². The SMILES string of the molecule is CN1CCC(N)C(Cc2cccc(Cl)c2)C1.Cl. The Morgan fingerprint density at radius 2 is 2.24 bits per heavy atom. The van der Waals surface area contributed by atoms with Gasteiger partial charge in [-0.25, -0.2) is 0 Å². The fourth-order valence-corrected chi connectivity index (χ4v) is 2.63. The lowest BCUT2D eigenvalue weighted by molar-refractivity contribution is 0.185. The Morgan fingerprint density at radius 3 is 2.94 bits per heavy atom. The van der Waals surface area contributed by atoms with Gasteiger partial charge in [0.2, 0.25) is 0 Å². The molecule has 0 spiro atoms. The van der Waals surface area contributed by atoms with Crippen LogP contribution >= 0.6 is 24.0 Å². The van der Waals surface area contributed by atoms with Crippen LogP contribution in [0.5, 0.6) is 0 Å². The van der Waals surface area contributed by atoms with Crippen LogP contribution < -0.4 is 5.73 Å². The van der Waals surface area contributed by atoms with E-state index in [9.17, 15) is 0 Å². The molecule has 1 aliphatic heterocycles. The lowest BCUT2D eigenvalue weighted by atomic mass is 9.87. The van der Waals surface area contributed by atoms with E-state index in [0.29, 0.717) is 12.0 Å². The summed E-state index contributed by atoms with van der Waals surface area (Å²) >= 11 is 5.99. The Balaban J connectivity index is 0.00000144. The van der Waals surface area contributed by atoms with Gasteiger partial charge in [-0.3, -0.25) is 0 Å². The summed E-state index contributed by atoms with van der Waals surface area (Å²) < 4.78 is 0. The van der Waals surface area contributed by atoms with E-state index in [-0.39, 0.29) is 12.4 Å². The zero-order valence-corrected chi connectivity index (χ0v) is 11.7. The Kier molecular flexibility index (Phi) is 5.74. The van der Waals surface area contributed by atoms with Crippen LogP contribution in [0.2, 0.25) is 5.02 Å². The number of nitrogens with zero attached hydrogens (tertiary/aromatic N) is 1. The number of nitrogens with two attached hydrogens (primary N) is 1. The summed E-state index contributed by atoms with van der Waals surface area (Å²) in [5.74, 6) is 0.553. The Bertz CT molecular complexity index is 357. The van der Waals surface area contributed by atoms with Crippen LogP contribution in [0.3, 0.4) is 0 Å². The molecule has 1 heterocycles. The molecule has 1 fully saturated rings. The first kappa shape index (κ1) is 14.8. The second kappa shape index (κ2) is 6.60. The lowest BCUT2D eigenvalue weighted by Crippen LogP contribution is -2.46. The molecule has 0 bridgehead atoms. The summed E-state index contributed by atoms with van der Waals surface area (Å²) in [7, 11) is 2.16. The highest BCUT2D eigenvalue weighted by molar-refractivity contribution is 6.30. The van der Waals surface area contributed by atoms with Gasteiger partial charge in [0.15, 0.2) is 0 Å². The molecule has 2 atom stereocenters.